The van der Waals surface area contributed by atoms with Gasteiger partial charge in [-0.15, -0.1) is 0 Å². The van der Waals surface area contributed by atoms with Gasteiger partial charge in [0.25, 0.3) is 0 Å². The summed E-state index contributed by atoms with van der Waals surface area (Å²) in [5, 5.41) is 0. The van der Waals surface area contributed by atoms with Crippen LogP contribution in [0.15, 0.2) is 29.2 Å². The highest BCUT2D eigenvalue weighted by molar-refractivity contribution is 7.89. The zero-order chi connectivity index (χ0) is 14.8. The van der Waals surface area contributed by atoms with E-state index in [2.05, 4.69) is 24.0 Å². The van der Waals surface area contributed by atoms with Crippen LogP contribution in [0, 0.1) is 11.8 Å². The van der Waals surface area contributed by atoms with E-state index in [1.165, 1.54) is 0 Å². The maximum atomic E-state index is 12.5. The second-order valence-electron chi connectivity index (χ2n) is 5.47. The van der Waals surface area contributed by atoms with Crippen molar-refractivity contribution in [3.63, 3.8) is 0 Å². The summed E-state index contributed by atoms with van der Waals surface area (Å²) in [6.07, 6.45) is 3.08. The highest BCUT2D eigenvalue weighted by Crippen LogP contribution is 2.35. The van der Waals surface area contributed by atoms with Gasteiger partial charge in [0, 0.05) is 6.04 Å². The first-order valence-electron chi connectivity index (χ1n) is 7.07. The lowest BCUT2D eigenvalue weighted by molar-refractivity contribution is 0.368. The maximum absolute atomic E-state index is 12.5. The second kappa shape index (κ2) is 6.11. The van der Waals surface area contributed by atoms with Crippen LogP contribution in [0.3, 0.4) is 0 Å². The van der Waals surface area contributed by atoms with Crippen LogP contribution >= 0.6 is 0 Å². The first-order chi connectivity index (χ1) is 9.49. The summed E-state index contributed by atoms with van der Waals surface area (Å²) in [5.41, 5.74) is 2.85. The topological polar surface area (TPSA) is 84.2 Å². The number of anilines is 1. The van der Waals surface area contributed by atoms with Crippen molar-refractivity contribution >= 4 is 15.7 Å². The largest absolute Gasteiger partial charge is 0.323 e. The summed E-state index contributed by atoms with van der Waals surface area (Å²) in [4.78, 5) is 0.203. The molecule has 0 aromatic heterocycles. The average molecular weight is 297 g/mol. The molecule has 5 nitrogen and oxygen atoms in total. The minimum Gasteiger partial charge on any atom is -0.323 e. The molecule has 0 spiro atoms. The Morgan fingerprint density at radius 2 is 2.00 bits per heavy atom. The van der Waals surface area contributed by atoms with E-state index in [0.717, 1.165) is 19.3 Å². The highest BCUT2D eigenvalue weighted by atomic mass is 32.2. The molecular formula is C14H23N3O2S. The number of benzene rings is 1. The lowest BCUT2D eigenvalue weighted by atomic mass is 9.94. The van der Waals surface area contributed by atoms with Gasteiger partial charge in [0.05, 0.1) is 5.69 Å². The molecule has 6 heteroatoms. The van der Waals surface area contributed by atoms with E-state index in [0.29, 0.717) is 17.5 Å². The molecule has 0 aliphatic heterocycles. The maximum Gasteiger partial charge on any atom is 0.242 e. The number of rotatable bonds is 5. The van der Waals surface area contributed by atoms with Gasteiger partial charge in [-0.05, 0) is 36.8 Å². The molecule has 3 atom stereocenters. The molecule has 1 aromatic carbocycles. The summed E-state index contributed by atoms with van der Waals surface area (Å²) in [6.45, 7) is 4.28. The van der Waals surface area contributed by atoms with Gasteiger partial charge in [0.2, 0.25) is 10.0 Å². The second-order valence-corrected chi connectivity index (χ2v) is 7.16. The number of nitrogens with one attached hydrogen (secondary N) is 2. The van der Waals surface area contributed by atoms with Crippen LogP contribution in [0.2, 0.25) is 0 Å². The van der Waals surface area contributed by atoms with Crippen LogP contribution in [-0.2, 0) is 10.0 Å². The Morgan fingerprint density at radius 1 is 1.30 bits per heavy atom. The molecule has 0 heterocycles. The van der Waals surface area contributed by atoms with Crippen molar-refractivity contribution < 1.29 is 8.42 Å². The molecule has 0 amide bonds. The quantitative estimate of drug-likeness (QED) is 0.574. The van der Waals surface area contributed by atoms with E-state index < -0.39 is 10.0 Å². The van der Waals surface area contributed by atoms with Crippen molar-refractivity contribution in [2.75, 3.05) is 5.43 Å². The molecule has 1 aromatic rings. The fraction of sp³-hybridized carbons (Fsp3) is 0.571. The monoisotopic (exact) mass is 297 g/mol. The van der Waals surface area contributed by atoms with Crippen LogP contribution in [0.25, 0.3) is 0 Å². The zero-order valence-corrected chi connectivity index (χ0v) is 12.8. The third-order valence-electron chi connectivity index (χ3n) is 4.39. The summed E-state index contributed by atoms with van der Waals surface area (Å²) < 4.78 is 27.8. The smallest absolute Gasteiger partial charge is 0.242 e. The van der Waals surface area contributed by atoms with Crippen molar-refractivity contribution in [3.8, 4) is 0 Å². The van der Waals surface area contributed by atoms with Gasteiger partial charge < -0.3 is 5.43 Å². The van der Waals surface area contributed by atoms with Crippen molar-refractivity contribution in [3.05, 3.63) is 24.3 Å². The molecule has 4 N–H and O–H groups in total. The van der Waals surface area contributed by atoms with E-state index in [4.69, 9.17) is 5.84 Å². The fourth-order valence-corrected chi connectivity index (χ4v) is 4.61. The third kappa shape index (κ3) is 2.97. The SMILES string of the molecule is CCC1CCC(NS(=O)(=O)c2ccccc2NN)C1C. The molecule has 0 radical (unpaired) electrons. The lowest BCUT2D eigenvalue weighted by Gasteiger charge is -2.21. The van der Waals surface area contributed by atoms with Crippen molar-refractivity contribution in [1.29, 1.82) is 0 Å². The van der Waals surface area contributed by atoms with Gasteiger partial charge in [-0.1, -0.05) is 32.4 Å². The van der Waals surface area contributed by atoms with Crippen LogP contribution in [-0.4, -0.2) is 14.5 Å². The molecule has 2 rings (SSSR count). The molecule has 0 bridgehead atoms. The van der Waals surface area contributed by atoms with Crippen molar-refractivity contribution in [1.82, 2.24) is 4.72 Å². The number of hydrogen-bond donors (Lipinski definition) is 3. The summed E-state index contributed by atoms with van der Waals surface area (Å²) in [5.74, 6) is 6.35. The summed E-state index contributed by atoms with van der Waals surface area (Å²) in [7, 11) is -3.54. The van der Waals surface area contributed by atoms with Crippen molar-refractivity contribution in [2.45, 2.75) is 44.0 Å². The Hall–Kier alpha value is -1.11. The number of nitrogens with two attached hydrogens (primary N) is 1. The van der Waals surface area contributed by atoms with Gasteiger partial charge in [-0.2, -0.15) is 0 Å². The Morgan fingerprint density at radius 3 is 2.60 bits per heavy atom. The predicted molar refractivity (Wildman–Crippen MR) is 80.5 cm³/mol. The van der Waals surface area contributed by atoms with Gasteiger partial charge >= 0.3 is 0 Å². The molecule has 112 valence electrons. The first-order valence-corrected chi connectivity index (χ1v) is 8.56. The number of sulfonamides is 1. The Kier molecular flexibility index (Phi) is 4.67. The number of hydrazine groups is 1. The van der Waals surface area contributed by atoms with Crippen molar-refractivity contribution in [2.24, 2.45) is 17.7 Å². The standard InChI is InChI=1S/C14H23N3O2S/c1-3-11-8-9-12(10(11)2)17-20(18,19)14-7-5-4-6-13(14)16-15/h4-7,10-12,16-17H,3,8-9,15H2,1-2H3. The van der Waals surface area contributed by atoms with Crippen LogP contribution in [0.1, 0.15) is 33.1 Å². The van der Waals surface area contributed by atoms with Gasteiger partial charge in [-0.3, -0.25) is 5.84 Å². The fourth-order valence-electron chi connectivity index (χ4n) is 3.07. The van der Waals surface area contributed by atoms with E-state index in [9.17, 15) is 8.42 Å². The molecule has 0 saturated heterocycles. The van der Waals surface area contributed by atoms with E-state index in [1.807, 2.05) is 0 Å². The van der Waals surface area contributed by atoms with Gasteiger partial charge in [0.15, 0.2) is 0 Å². The minimum absolute atomic E-state index is 0.00998. The first kappa shape index (κ1) is 15.3. The minimum atomic E-state index is -3.54. The summed E-state index contributed by atoms with van der Waals surface area (Å²) >= 11 is 0. The van der Waals surface area contributed by atoms with E-state index >= 15 is 0 Å². The Balaban J connectivity index is 2.20. The number of hydrogen-bond acceptors (Lipinski definition) is 4. The lowest BCUT2D eigenvalue weighted by Crippen LogP contribution is -2.37. The summed E-state index contributed by atoms with van der Waals surface area (Å²) in [6, 6.07) is 6.67. The van der Waals surface area contributed by atoms with Gasteiger partial charge in [0.1, 0.15) is 4.90 Å². The number of para-hydroxylation sites is 1. The normalized spacial score (nSPS) is 26.6. The van der Waals surface area contributed by atoms with E-state index in [1.54, 1.807) is 24.3 Å². The Labute approximate surface area is 121 Å². The Bertz CT molecular complexity index is 559. The average Bonchev–Trinajstić information content (AvgIpc) is 2.79. The predicted octanol–water partition coefficient (Wildman–Crippen LogP) is 2.08. The molecule has 1 aliphatic carbocycles. The molecule has 1 fully saturated rings. The van der Waals surface area contributed by atoms with Gasteiger partial charge in [-0.25, -0.2) is 13.1 Å². The van der Waals surface area contributed by atoms with E-state index in [-0.39, 0.29) is 10.9 Å². The van der Waals surface area contributed by atoms with Crippen LogP contribution in [0.4, 0.5) is 5.69 Å². The molecule has 20 heavy (non-hydrogen) atoms. The molecular weight excluding hydrogens is 274 g/mol. The zero-order valence-electron chi connectivity index (χ0n) is 12.0. The molecule has 1 saturated carbocycles. The van der Waals surface area contributed by atoms with Crippen LogP contribution in [0.5, 0.6) is 0 Å². The molecule has 3 unspecified atom stereocenters. The van der Waals surface area contributed by atoms with Crippen LogP contribution < -0.4 is 16.0 Å². The highest BCUT2D eigenvalue weighted by Gasteiger charge is 2.34. The third-order valence-corrected chi connectivity index (χ3v) is 5.94. The number of nitrogen functional groups attached to an aromatic ring is 1. The molecule has 1 aliphatic rings.